The molecule has 6 heteroatoms. The summed E-state index contributed by atoms with van der Waals surface area (Å²) in [5.74, 6) is 1.08. The fourth-order valence-electron chi connectivity index (χ4n) is 4.30. The Kier molecular flexibility index (Phi) is 6.55. The lowest BCUT2D eigenvalue weighted by atomic mass is 9.88. The minimum atomic E-state index is 0.0455. The monoisotopic (exact) mass is 374 g/mol. The second kappa shape index (κ2) is 8.89. The summed E-state index contributed by atoms with van der Waals surface area (Å²) in [6.07, 6.45) is 6.56. The van der Waals surface area contributed by atoms with E-state index in [0.29, 0.717) is 50.2 Å². The van der Waals surface area contributed by atoms with Crippen molar-refractivity contribution in [2.75, 3.05) is 26.2 Å². The van der Waals surface area contributed by atoms with Gasteiger partial charge in [0.15, 0.2) is 0 Å². The summed E-state index contributed by atoms with van der Waals surface area (Å²) in [6.45, 7) is 9.57. The Morgan fingerprint density at radius 2 is 1.70 bits per heavy atom. The number of amides is 2. The van der Waals surface area contributed by atoms with E-state index in [1.54, 1.807) is 0 Å². The first-order valence-corrected chi connectivity index (χ1v) is 10.6. The van der Waals surface area contributed by atoms with Crippen LogP contribution in [0.2, 0.25) is 0 Å². The van der Waals surface area contributed by atoms with Crippen molar-refractivity contribution in [2.24, 2.45) is 11.8 Å². The van der Waals surface area contributed by atoms with Gasteiger partial charge in [0.25, 0.3) is 5.91 Å². The maximum Gasteiger partial charge on any atom is 0.272 e. The summed E-state index contributed by atoms with van der Waals surface area (Å²) in [5, 5.41) is 4.59. The largest absolute Gasteiger partial charge is 0.339 e. The quantitative estimate of drug-likeness (QED) is 0.796. The molecule has 0 spiro atoms. The smallest absolute Gasteiger partial charge is 0.272 e. The topological polar surface area (TPSA) is 58.4 Å². The van der Waals surface area contributed by atoms with Crippen molar-refractivity contribution in [3.05, 3.63) is 17.5 Å². The van der Waals surface area contributed by atoms with E-state index < -0.39 is 0 Å². The Bertz CT molecular complexity index is 653. The molecule has 0 aromatic carbocycles. The molecule has 3 rings (SSSR count). The highest BCUT2D eigenvalue weighted by atomic mass is 16.2. The molecule has 0 atom stereocenters. The van der Waals surface area contributed by atoms with Crippen LogP contribution in [0.5, 0.6) is 0 Å². The molecule has 2 aliphatic rings. The molecule has 0 radical (unpaired) electrons. The van der Waals surface area contributed by atoms with Crippen LogP contribution in [0.4, 0.5) is 0 Å². The molecule has 0 bridgehead atoms. The van der Waals surface area contributed by atoms with Crippen LogP contribution in [-0.4, -0.2) is 57.6 Å². The first kappa shape index (κ1) is 19.9. The summed E-state index contributed by atoms with van der Waals surface area (Å²) >= 11 is 0. The van der Waals surface area contributed by atoms with E-state index in [1.807, 2.05) is 27.5 Å². The fourth-order valence-corrected chi connectivity index (χ4v) is 4.30. The predicted octanol–water partition coefficient (Wildman–Crippen LogP) is 2.97. The Labute approximate surface area is 162 Å². The van der Waals surface area contributed by atoms with Gasteiger partial charge in [-0.2, -0.15) is 5.10 Å². The molecule has 2 fully saturated rings. The van der Waals surface area contributed by atoms with E-state index >= 15 is 0 Å². The summed E-state index contributed by atoms with van der Waals surface area (Å²) in [4.78, 5) is 29.6. The molecule has 150 valence electrons. The zero-order valence-electron chi connectivity index (χ0n) is 17.1. The van der Waals surface area contributed by atoms with Crippen molar-refractivity contribution in [2.45, 2.75) is 65.8 Å². The molecule has 0 N–H and O–H groups in total. The highest BCUT2D eigenvalue weighted by Crippen LogP contribution is 2.26. The van der Waals surface area contributed by atoms with Gasteiger partial charge in [-0.05, 0) is 38.2 Å². The summed E-state index contributed by atoms with van der Waals surface area (Å²) in [5.41, 5.74) is 1.67. The first-order valence-electron chi connectivity index (χ1n) is 10.6. The Hall–Kier alpha value is -1.85. The van der Waals surface area contributed by atoms with Crippen molar-refractivity contribution >= 4 is 11.8 Å². The molecule has 2 heterocycles. The molecule has 1 aliphatic carbocycles. The average Bonchev–Trinajstić information content (AvgIpc) is 3.09. The fraction of sp³-hybridized carbons (Fsp3) is 0.762. The first-order chi connectivity index (χ1) is 13.0. The van der Waals surface area contributed by atoms with Crippen molar-refractivity contribution < 1.29 is 9.59 Å². The molecule has 1 aliphatic heterocycles. The Morgan fingerprint density at radius 1 is 1.07 bits per heavy atom. The van der Waals surface area contributed by atoms with Gasteiger partial charge < -0.3 is 9.80 Å². The highest BCUT2D eigenvalue weighted by Gasteiger charge is 2.30. The van der Waals surface area contributed by atoms with Gasteiger partial charge in [0.1, 0.15) is 5.69 Å². The Morgan fingerprint density at radius 3 is 2.30 bits per heavy atom. The van der Waals surface area contributed by atoms with Crippen LogP contribution in [0.3, 0.4) is 0 Å². The molecule has 0 unspecified atom stereocenters. The van der Waals surface area contributed by atoms with Crippen LogP contribution in [0.25, 0.3) is 0 Å². The van der Waals surface area contributed by atoms with E-state index in [0.717, 1.165) is 25.0 Å². The van der Waals surface area contributed by atoms with E-state index in [-0.39, 0.29) is 11.8 Å². The number of nitrogens with zero attached hydrogens (tertiary/aromatic N) is 4. The Balaban J connectivity index is 1.59. The number of carbonyl (C=O) groups is 2. The normalized spacial score (nSPS) is 19.0. The van der Waals surface area contributed by atoms with E-state index in [1.165, 1.54) is 19.3 Å². The van der Waals surface area contributed by atoms with Crippen molar-refractivity contribution in [1.82, 2.24) is 19.6 Å². The molecule has 1 aromatic heterocycles. The molecular formula is C21H34N4O2. The van der Waals surface area contributed by atoms with Gasteiger partial charge in [-0.15, -0.1) is 0 Å². The number of carbonyl (C=O) groups excluding carboxylic acids is 2. The molecular weight excluding hydrogens is 340 g/mol. The minimum Gasteiger partial charge on any atom is -0.339 e. The number of hydrogen-bond acceptors (Lipinski definition) is 3. The molecule has 1 saturated heterocycles. The number of piperazine rings is 1. The lowest BCUT2D eigenvalue weighted by Gasteiger charge is -2.37. The number of hydrogen-bond donors (Lipinski definition) is 0. The molecule has 27 heavy (non-hydrogen) atoms. The second-order valence-electron chi connectivity index (χ2n) is 8.39. The van der Waals surface area contributed by atoms with Crippen molar-refractivity contribution in [3.8, 4) is 0 Å². The van der Waals surface area contributed by atoms with Crippen LogP contribution in [0.15, 0.2) is 6.07 Å². The van der Waals surface area contributed by atoms with Gasteiger partial charge in [0, 0.05) is 38.6 Å². The summed E-state index contributed by atoms with van der Waals surface area (Å²) < 4.78 is 1.82. The maximum absolute atomic E-state index is 13.0. The lowest BCUT2D eigenvalue weighted by Crippen LogP contribution is -2.52. The van der Waals surface area contributed by atoms with Crippen LogP contribution in [0, 0.1) is 11.8 Å². The molecule has 2 amide bonds. The lowest BCUT2D eigenvalue weighted by molar-refractivity contribution is -0.138. The van der Waals surface area contributed by atoms with Crippen molar-refractivity contribution in [1.29, 1.82) is 0 Å². The van der Waals surface area contributed by atoms with Crippen LogP contribution in [0.1, 0.15) is 69.1 Å². The third-order valence-electron chi connectivity index (χ3n) is 5.80. The van der Waals surface area contributed by atoms with E-state index in [4.69, 9.17) is 0 Å². The summed E-state index contributed by atoms with van der Waals surface area (Å²) in [7, 11) is 0. The second-order valence-corrected chi connectivity index (χ2v) is 8.39. The van der Waals surface area contributed by atoms with E-state index in [9.17, 15) is 9.59 Å². The molecule has 1 aromatic rings. The van der Waals surface area contributed by atoms with Crippen molar-refractivity contribution in [3.63, 3.8) is 0 Å². The van der Waals surface area contributed by atoms with Gasteiger partial charge >= 0.3 is 0 Å². The van der Waals surface area contributed by atoms with Gasteiger partial charge in [-0.25, -0.2) is 0 Å². The van der Waals surface area contributed by atoms with Gasteiger partial charge in [-0.3, -0.25) is 14.3 Å². The third kappa shape index (κ3) is 4.71. The maximum atomic E-state index is 13.0. The zero-order chi connectivity index (χ0) is 19.4. The van der Waals surface area contributed by atoms with Gasteiger partial charge in [0.05, 0.1) is 5.69 Å². The van der Waals surface area contributed by atoms with Crippen LogP contribution >= 0.6 is 0 Å². The summed E-state index contributed by atoms with van der Waals surface area (Å²) in [6, 6.07) is 1.95. The third-order valence-corrected chi connectivity index (χ3v) is 5.80. The number of aryl methyl sites for hydroxylation is 1. The standard InChI is InChI=1S/C21H34N4O2/c1-4-25-19(15-18(22-25)14-16(2)3)21(27)24-12-10-23(11-13-24)20(26)17-8-6-5-7-9-17/h15-17H,4-14H2,1-3H3. The van der Waals surface area contributed by atoms with Gasteiger partial charge in [-0.1, -0.05) is 33.1 Å². The predicted molar refractivity (Wildman–Crippen MR) is 106 cm³/mol. The average molecular weight is 375 g/mol. The molecule has 1 saturated carbocycles. The number of aromatic nitrogens is 2. The SMILES string of the molecule is CCn1nc(CC(C)C)cc1C(=O)N1CCN(C(=O)C2CCCCC2)CC1. The zero-order valence-corrected chi connectivity index (χ0v) is 17.1. The van der Waals surface area contributed by atoms with E-state index in [2.05, 4.69) is 18.9 Å². The minimum absolute atomic E-state index is 0.0455. The van der Waals surface area contributed by atoms with Gasteiger partial charge in [0.2, 0.25) is 5.91 Å². The van der Waals surface area contributed by atoms with Crippen LogP contribution < -0.4 is 0 Å². The van der Waals surface area contributed by atoms with Crippen LogP contribution in [-0.2, 0) is 17.8 Å². The molecule has 6 nitrogen and oxygen atoms in total. The highest BCUT2D eigenvalue weighted by molar-refractivity contribution is 5.93. The number of rotatable bonds is 5.